The average molecular weight is 380 g/mol. The predicted octanol–water partition coefficient (Wildman–Crippen LogP) is 3.28. The van der Waals surface area contributed by atoms with E-state index in [0.29, 0.717) is 12.3 Å². The lowest BCUT2D eigenvalue weighted by Crippen LogP contribution is -2.23. The van der Waals surface area contributed by atoms with Crippen LogP contribution in [0.2, 0.25) is 0 Å². The summed E-state index contributed by atoms with van der Waals surface area (Å²) >= 11 is 0. The van der Waals surface area contributed by atoms with Gasteiger partial charge >= 0.3 is 0 Å². The van der Waals surface area contributed by atoms with Gasteiger partial charge in [-0.3, -0.25) is 4.79 Å². The highest BCUT2D eigenvalue weighted by Gasteiger charge is 2.14. The molecule has 3 aromatic heterocycles. The van der Waals surface area contributed by atoms with Crippen LogP contribution in [0.15, 0.2) is 59.5 Å². The Morgan fingerprint density at radius 1 is 1.32 bits per heavy atom. The Bertz CT molecular complexity index is 1140. The first kappa shape index (κ1) is 17.7. The minimum atomic E-state index is -0.396. The quantitative estimate of drug-likeness (QED) is 0.555. The Balaban J connectivity index is 1.37. The van der Waals surface area contributed by atoms with E-state index in [0.717, 1.165) is 16.9 Å². The van der Waals surface area contributed by atoms with Gasteiger partial charge in [0.15, 0.2) is 12.3 Å². The van der Waals surface area contributed by atoms with Gasteiger partial charge < -0.3 is 18.9 Å². The molecule has 0 spiro atoms. The maximum atomic E-state index is 13.1. The van der Waals surface area contributed by atoms with Crippen LogP contribution in [0.5, 0.6) is 5.75 Å². The van der Waals surface area contributed by atoms with Crippen LogP contribution >= 0.6 is 0 Å². The monoisotopic (exact) mass is 380 g/mol. The number of benzene rings is 1. The molecule has 142 valence electrons. The summed E-state index contributed by atoms with van der Waals surface area (Å²) < 4.78 is 25.7. The minimum Gasteiger partial charge on any atom is -0.484 e. The number of rotatable bonds is 6. The van der Waals surface area contributed by atoms with E-state index in [9.17, 15) is 9.18 Å². The minimum absolute atomic E-state index is 0.0106. The molecule has 0 aliphatic heterocycles. The SMILES string of the molecule is Cc1cccn2c(CNC(=O)c3coc(COc4cccc(F)c4)n3)cnc12. The number of imidazole rings is 1. The van der Waals surface area contributed by atoms with Gasteiger partial charge in [0, 0.05) is 12.3 Å². The zero-order valence-electron chi connectivity index (χ0n) is 15.1. The standard InChI is InChI=1S/C20H17FN4O3/c1-13-4-3-7-25-15(9-22-19(13)25)10-23-20(26)17-11-28-18(24-17)12-27-16-6-2-5-14(21)8-16/h2-9,11H,10,12H2,1H3,(H,23,26). The number of nitrogens with zero attached hydrogens (tertiary/aromatic N) is 3. The topological polar surface area (TPSA) is 81.7 Å². The van der Waals surface area contributed by atoms with E-state index in [1.165, 1.54) is 18.4 Å². The number of halogens is 1. The van der Waals surface area contributed by atoms with E-state index in [-0.39, 0.29) is 24.1 Å². The van der Waals surface area contributed by atoms with Gasteiger partial charge in [-0.15, -0.1) is 0 Å². The molecule has 0 atom stereocenters. The van der Waals surface area contributed by atoms with E-state index >= 15 is 0 Å². The molecule has 4 aromatic rings. The fourth-order valence-corrected chi connectivity index (χ4v) is 2.78. The predicted molar refractivity (Wildman–Crippen MR) is 98.3 cm³/mol. The van der Waals surface area contributed by atoms with Crippen molar-refractivity contribution in [1.29, 1.82) is 0 Å². The van der Waals surface area contributed by atoms with Gasteiger partial charge in [-0.1, -0.05) is 12.1 Å². The molecular weight excluding hydrogens is 363 g/mol. The Morgan fingerprint density at radius 2 is 2.21 bits per heavy atom. The van der Waals surface area contributed by atoms with Crippen molar-refractivity contribution >= 4 is 11.6 Å². The van der Waals surface area contributed by atoms with Gasteiger partial charge in [0.2, 0.25) is 5.89 Å². The first-order valence-corrected chi connectivity index (χ1v) is 8.62. The normalized spacial score (nSPS) is 10.9. The van der Waals surface area contributed by atoms with Crippen molar-refractivity contribution in [1.82, 2.24) is 19.7 Å². The summed E-state index contributed by atoms with van der Waals surface area (Å²) in [5, 5.41) is 2.79. The van der Waals surface area contributed by atoms with Gasteiger partial charge in [-0.25, -0.2) is 14.4 Å². The van der Waals surface area contributed by atoms with Gasteiger partial charge in [0.05, 0.1) is 18.4 Å². The lowest BCUT2D eigenvalue weighted by Gasteiger charge is -2.04. The number of oxazole rings is 1. The van der Waals surface area contributed by atoms with Gasteiger partial charge in [-0.2, -0.15) is 0 Å². The van der Waals surface area contributed by atoms with Crippen molar-refractivity contribution in [2.75, 3.05) is 0 Å². The molecule has 3 heterocycles. The highest BCUT2D eigenvalue weighted by molar-refractivity contribution is 5.91. The zero-order chi connectivity index (χ0) is 19.5. The summed E-state index contributed by atoms with van der Waals surface area (Å²) in [6, 6.07) is 9.66. The third kappa shape index (κ3) is 3.71. The highest BCUT2D eigenvalue weighted by atomic mass is 19.1. The lowest BCUT2D eigenvalue weighted by atomic mass is 10.3. The number of amides is 1. The van der Waals surface area contributed by atoms with Crippen molar-refractivity contribution < 1.29 is 18.3 Å². The van der Waals surface area contributed by atoms with E-state index in [4.69, 9.17) is 9.15 Å². The summed E-state index contributed by atoms with van der Waals surface area (Å²) in [4.78, 5) is 20.8. The van der Waals surface area contributed by atoms with E-state index in [2.05, 4.69) is 15.3 Å². The molecule has 4 rings (SSSR count). The Kier molecular flexibility index (Phi) is 4.76. The number of carbonyl (C=O) groups is 1. The van der Waals surface area contributed by atoms with Crippen LogP contribution in [-0.4, -0.2) is 20.3 Å². The van der Waals surface area contributed by atoms with Crippen LogP contribution in [0.25, 0.3) is 5.65 Å². The second-order valence-electron chi connectivity index (χ2n) is 6.19. The number of nitrogens with one attached hydrogen (secondary N) is 1. The molecule has 0 radical (unpaired) electrons. The number of pyridine rings is 1. The van der Waals surface area contributed by atoms with Crippen LogP contribution in [0, 0.1) is 12.7 Å². The van der Waals surface area contributed by atoms with Crippen molar-refractivity contribution in [3.63, 3.8) is 0 Å². The summed E-state index contributed by atoms with van der Waals surface area (Å²) in [6.07, 6.45) is 4.89. The second kappa shape index (κ2) is 7.51. The molecule has 1 amide bonds. The average Bonchev–Trinajstić information content (AvgIpc) is 3.33. The smallest absolute Gasteiger partial charge is 0.273 e. The maximum absolute atomic E-state index is 13.1. The molecule has 1 N–H and O–H groups in total. The third-order valence-electron chi connectivity index (χ3n) is 4.18. The first-order chi connectivity index (χ1) is 13.6. The molecule has 0 aliphatic rings. The molecule has 0 bridgehead atoms. The molecule has 0 saturated carbocycles. The molecular formula is C20H17FN4O3. The number of aromatic nitrogens is 3. The molecule has 0 unspecified atom stereocenters. The summed E-state index contributed by atoms with van der Waals surface area (Å²) in [5.41, 5.74) is 2.90. The number of ether oxygens (including phenoxy) is 1. The van der Waals surface area contributed by atoms with E-state index in [1.54, 1.807) is 18.3 Å². The third-order valence-corrected chi connectivity index (χ3v) is 4.18. The molecule has 7 nitrogen and oxygen atoms in total. The number of aryl methyl sites for hydroxylation is 1. The molecule has 0 saturated heterocycles. The van der Waals surface area contributed by atoms with Gasteiger partial charge in [-0.05, 0) is 30.7 Å². The fourth-order valence-electron chi connectivity index (χ4n) is 2.78. The largest absolute Gasteiger partial charge is 0.484 e. The van der Waals surface area contributed by atoms with Crippen molar-refractivity contribution in [3.05, 3.63) is 83.7 Å². The fraction of sp³-hybridized carbons (Fsp3) is 0.150. The van der Waals surface area contributed by atoms with Crippen molar-refractivity contribution in [2.24, 2.45) is 0 Å². The number of fused-ring (bicyclic) bond motifs is 1. The molecule has 0 aliphatic carbocycles. The molecule has 1 aromatic carbocycles. The van der Waals surface area contributed by atoms with E-state index in [1.807, 2.05) is 29.7 Å². The summed E-state index contributed by atoms with van der Waals surface area (Å²) in [6.45, 7) is 2.27. The molecule has 28 heavy (non-hydrogen) atoms. The van der Waals surface area contributed by atoms with Crippen molar-refractivity contribution in [3.8, 4) is 5.75 Å². The van der Waals surface area contributed by atoms with Crippen molar-refractivity contribution in [2.45, 2.75) is 20.1 Å². The Hall–Kier alpha value is -3.68. The number of hydrogen-bond donors (Lipinski definition) is 1. The second-order valence-corrected chi connectivity index (χ2v) is 6.19. The number of carbonyl (C=O) groups excluding carboxylic acids is 1. The van der Waals surface area contributed by atoms with Crippen LogP contribution in [-0.2, 0) is 13.2 Å². The van der Waals surface area contributed by atoms with Crippen LogP contribution < -0.4 is 10.1 Å². The van der Waals surface area contributed by atoms with Gasteiger partial charge in [0.1, 0.15) is 23.5 Å². The first-order valence-electron chi connectivity index (χ1n) is 8.62. The summed E-state index contributed by atoms with van der Waals surface area (Å²) in [7, 11) is 0. The molecule has 0 fully saturated rings. The highest BCUT2D eigenvalue weighted by Crippen LogP contribution is 2.14. The molecule has 8 heteroatoms. The van der Waals surface area contributed by atoms with Crippen LogP contribution in [0.1, 0.15) is 27.6 Å². The van der Waals surface area contributed by atoms with Gasteiger partial charge in [0.25, 0.3) is 5.91 Å². The Labute approximate surface area is 159 Å². The summed E-state index contributed by atoms with van der Waals surface area (Å²) in [5.74, 6) is -0.192. The maximum Gasteiger partial charge on any atom is 0.273 e. The zero-order valence-corrected chi connectivity index (χ0v) is 15.1. The Morgan fingerprint density at radius 3 is 3.07 bits per heavy atom. The van der Waals surface area contributed by atoms with E-state index < -0.39 is 5.82 Å². The van der Waals surface area contributed by atoms with Crippen LogP contribution in [0.4, 0.5) is 4.39 Å². The lowest BCUT2D eigenvalue weighted by molar-refractivity contribution is 0.0945. The number of hydrogen-bond acceptors (Lipinski definition) is 5. The van der Waals surface area contributed by atoms with Crippen LogP contribution in [0.3, 0.4) is 0 Å².